The van der Waals surface area contributed by atoms with Gasteiger partial charge in [-0.25, -0.2) is 8.78 Å². The number of nitrogens with zero attached hydrogens (tertiary/aromatic N) is 1. The van der Waals surface area contributed by atoms with Gasteiger partial charge < -0.3 is 10.6 Å². The van der Waals surface area contributed by atoms with Crippen molar-refractivity contribution in [1.29, 1.82) is 0 Å². The average molecular weight is 319 g/mol. The first-order valence-electron chi connectivity index (χ1n) is 5.63. The van der Waals surface area contributed by atoms with Crippen molar-refractivity contribution in [3.63, 3.8) is 0 Å². The molecule has 2 N–H and O–H groups in total. The monoisotopic (exact) mass is 318 g/mol. The summed E-state index contributed by atoms with van der Waals surface area (Å²) in [5.41, 5.74) is 5.28. The number of carbonyl (C=O) groups excluding carboxylic acids is 1. The van der Waals surface area contributed by atoms with Gasteiger partial charge in [-0.05, 0) is 25.5 Å². The first-order valence-corrected chi connectivity index (χ1v) is 6.42. The van der Waals surface area contributed by atoms with Gasteiger partial charge in [0.25, 0.3) is 5.91 Å². The number of hydrogen-bond donors (Lipinski definition) is 1. The fourth-order valence-electron chi connectivity index (χ4n) is 2.14. The number of likely N-dealkylation sites (tertiary alicyclic amines) is 1. The van der Waals surface area contributed by atoms with Crippen LogP contribution in [0.5, 0.6) is 0 Å². The molecule has 98 valence electrons. The van der Waals surface area contributed by atoms with Gasteiger partial charge in [0.15, 0.2) is 0 Å². The average Bonchev–Trinajstić information content (AvgIpc) is 2.58. The number of nitrogens with two attached hydrogens (primary N) is 1. The van der Waals surface area contributed by atoms with Gasteiger partial charge in [-0.15, -0.1) is 0 Å². The third kappa shape index (κ3) is 2.27. The maximum Gasteiger partial charge on any atom is 0.260 e. The Morgan fingerprint density at radius 3 is 2.44 bits per heavy atom. The Hall–Kier alpha value is -1.01. The Labute approximate surface area is 112 Å². The summed E-state index contributed by atoms with van der Waals surface area (Å²) in [6.45, 7) is 2.21. The highest BCUT2D eigenvalue weighted by molar-refractivity contribution is 9.10. The molecule has 1 aliphatic heterocycles. The lowest BCUT2D eigenvalue weighted by atomic mass is 10.1. The summed E-state index contributed by atoms with van der Waals surface area (Å²) in [5.74, 6) is -2.36. The van der Waals surface area contributed by atoms with Crippen LogP contribution in [0.3, 0.4) is 0 Å². The van der Waals surface area contributed by atoms with Gasteiger partial charge in [-0.3, -0.25) is 4.79 Å². The zero-order valence-corrected chi connectivity index (χ0v) is 11.4. The lowest BCUT2D eigenvalue weighted by Crippen LogP contribution is -2.41. The quantitative estimate of drug-likeness (QED) is 0.863. The molecule has 18 heavy (non-hydrogen) atoms. The molecule has 0 aromatic heterocycles. The second-order valence-corrected chi connectivity index (χ2v) is 5.35. The highest BCUT2D eigenvalue weighted by Gasteiger charge is 2.34. The minimum absolute atomic E-state index is 0.143. The van der Waals surface area contributed by atoms with Crippen LogP contribution >= 0.6 is 15.9 Å². The third-order valence-electron chi connectivity index (χ3n) is 3.30. The van der Waals surface area contributed by atoms with Crippen molar-refractivity contribution in [3.8, 4) is 0 Å². The normalized spacial score (nSPS) is 23.5. The fraction of sp³-hybridized carbons (Fsp3) is 0.417. The smallest absolute Gasteiger partial charge is 0.260 e. The molecule has 2 unspecified atom stereocenters. The summed E-state index contributed by atoms with van der Waals surface area (Å²) in [6.07, 6.45) is 0.646. The number of hydrogen-bond acceptors (Lipinski definition) is 2. The molecule has 0 bridgehead atoms. The van der Waals surface area contributed by atoms with Crippen LogP contribution in [0, 0.1) is 11.6 Å². The maximum absolute atomic E-state index is 13.7. The lowest BCUT2D eigenvalue weighted by Gasteiger charge is -2.23. The van der Waals surface area contributed by atoms with E-state index in [1.54, 1.807) is 6.92 Å². The molecule has 0 aliphatic carbocycles. The fourth-order valence-corrected chi connectivity index (χ4v) is 2.54. The summed E-state index contributed by atoms with van der Waals surface area (Å²) in [6, 6.07) is 1.81. The standard InChI is InChI=1S/C12H13BrF2N2O/c1-6-10(16)2-3-17(6)12(18)11-8(14)4-7(13)5-9(11)15/h4-6,10H,2-3,16H2,1H3. The Kier molecular flexibility index (Phi) is 3.68. The van der Waals surface area contributed by atoms with Gasteiger partial charge in [0, 0.05) is 23.1 Å². The van der Waals surface area contributed by atoms with E-state index in [9.17, 15) is 13.6 Å². The SMILES string of the molecule is CC1C(N)CCN1C(=O)c1c(F)cc(Br)cc1F. The first kappa shape index (κ1) is 13.4. The molecule has 1 heterocycles. The van der Waals surface area contributed by atoms with Crippen LogP contribution in [-0.2, 0) is 0 Å². The molecular weight excluding hydrogens is 306 g/mol. The van der Waals surface area contributed by atoms with Crippen molar-refractivity contribution in [2.24, 2.45) is 5.73 Å². The molecule has 1 aromatic rings. The molecule has 3 nitrogen and oxygen atoms in total. The molecule has 1 aliphatic rings. The topological polar surface area (TPSA) is 46.3 Å². The van der Waals surface area contributed by atoms with Crippen molar-refractivity contribution in [2.75, 3.05) is 6.54 Å². The van der Waals surface area contributed by atoms with Crippen LogP contribution in [0.4, 0.5) is 8.78 Å². The number of halogens is 3. The molecule has 1 amide bonds. The van der Waals surface area contributed by atoms with E-state index in [2.05, 4.69) is 15.9 Å². The van der Waals surface area contributed by atoms with E-state index in [1.807, 2.05) is 0 Å². The van der Waals surface area contributed by atoms with Crippen molar-refractivity contribution in [2.45, 2.75) is 25.4 Å². The van der Waals surface area contributed by atoms with E-state index < -0.39 is 23.1 Å². The second-order valence-electron chi connectivity index (χ2n) is 4.44. The highest BCUT2D eigenvalue weighted by atomic mass is 79.9. The van der Waals surface area contributed by atoms with E-state index in [0.717, 1.165) is 12.1 Å². The summed E-state index contributed by atoms with van der Waals surface area (Å²) >= 11 is 2.98. The van der Waals surface area contributed by atoms with E-state index in [-0.39, 0.29) is 16.6 Å². The van der Waals surface area contributed by atoms with E-state index in [4.69, 9.17) is 5.73 Å². The summed E-state index contributed by atoms with van der Waals surface area (Å²) in [4.78, 5) is 13.5. The van der Waals surface area contributed by atoms with Gasteiger partial charge in [-0.1, -0.05) is 15.9 Å². The van der Waals surface area contributed by atoms with Crippen LogP contribution in [0.15, 0.2) is 16.6 Å². The predicted octanol–water partition coefficient (Wildman–Crippen LogP) is 2.29. The maximum atomic E-state index is 13.7. The molecule has 2 atom stereocenters. The molecule has 6 heteroatoms. The molecule has 2 rings (SSSR count). The van der Waals surface area contributed by atoms with E-state index in [1.165, 1.54) is 4.90 Å². The minimum Gasteiger partial charge on any atom is -0.334 e. The minimum atomic E-state index is -0.862. The molecule has 0 saturated carbocycles. The molecular formula is C12H13BrF2N2O. The van der Waals surface area contributed by atoms with Crippen LogP contribution in [0.25, 0.3) is 0 Å². The highest BCUT2D eigenvalue weighted by Crippen LogP contribution is 2.24. The van der Waals surface area contributed by atoms with Crippen molar-refractivity contribution in [3.05, 3.63) is 33.8 Å². The molecule has 1 saturated heterocycles. The molecule has 1 aromatic carbocycles. The van der Waals surface area contributed by atoms with Crippen LogP contribution in [0.1, 0.15) is 23.7 Å². The van der Waals surface area contributed by atoms with Gasteiger partial charge in [0.05, 0.1) is 0 Å². The third-order valence-corrected chi connectivity index (χ3v) is 3.75. The lowest BCUT2D eigenvalue weighted by molar-refractivity contribution is 0.0732. The Morgan fingerprint density at radius 2 is 2.00 bits per heavy atom. The zero-order chi connectivity index (χ0) is 13.4. The molecule has 0 radical (unpaired) electrons. The second kappa shape index (κ2) is 4.93. The number of carbonyl (C=O) groups is 1. The Balaban J connectivity index is 2.35. The van der Waals surface area contributed by atoms with E-state index in [0.29, 0.717) is 13.0 Å². The van der Waals surface area contributed by atoms with Crippen molar-refractivity contribution in [1.82, 2.24) is 4.90 Å². The first-order chi connectivity index (χ1) is 8.41. The van der Waals surface area contributed by atoms with Gasteiger partial charge in [0.1, 0.15) is 17.2 Å². The summed E-state index contributed by atoms with van der Waals surface area (Å²) in [7, 11) is 0. The largest absolute Gasteiger partial charge is 0.334 e. The summed E-state index contributed by atoms with van der Waals surface area (Å²) in [5, 5.41) is 0. The number of amides is 1. The zero-order valence-electron chi connectivity index (χ0n) is 9.79. The van der Waals surface area contributed by atoms with E-state index >= 15 is 0 Å². The van der Waals surface area contributed by atoms with Gasteiger partial charge in [0.2, 0.25) is 0 Å². The number of rotatable bonds is 1. The predicted molar refractivity (Wildman–Crippen MR) is 67.1 cm³/mol. The summed E-state index contributed by atoms with van der Waals surface area (Å²) < 4.78 is 27.6. The Bertz CT molecular complexity index is 472. The number of benzene rings is 1. The van der Waals surface area contributed by atoms with Gasteiger partial charge in [-0.2, -0.15) is 0 Å². The van der Waals surface area contributed by atoms with Crippen LogP contribution in [-0.4, -0.2) is 29.4 Å². The molecule has 0 spiro atoms. The van der Waals surface area contributed by atoms with Crippen LogP contribution in [0.2, 0.25) is 0 Å². The molecule has 1 fully saturated rings. The van der Waals surface area contributed by atoms with Crippen LogP contribution < -0.4 is 5.73 Å². The van der Waals surface area contributed by atoms with Crippen molar-refractivity contribution >= 4 is 21.8 Å². The van der Waals surface area contributed by atoms with Gasteiger partial charge >= 0.3 is 0 Å². The van der Waals surface area contributed by atoms with Crippen molar-refractivity contribution < 1.29 is 13.6 Å². The Morgan fingerprint density at radius 1 is 1.44 bits per heavy atom.